The van der Waals surface area contributed by atoms with Gasteiger partial charge in [0, 0.05) is 23.5 Å². The third-order valence-corrected chi connectivity index (χ3v) is 2.56. The number of benzene rings is 1. The van der Waals surface area contributed by atoms with Gasteiger partial charge in [0.15, 0.2) is 0 Å². The second kappa shape index (κ2) is 4.22. The zero-order valence-electron chi connectivity index (χ0n) is 9.17. The Hall–Kier alpha value is -2.42. The lowest BCUT2D eigenvalue weighted by molar-refractivity contribution is 1.32. The molecular formula is C14H11N3. The minimum Gasteiger partial charge on any atom is -0.352 e. The smallest absolute Gasteiger partial charge is 0.0968 e. The average molecular weight is 221 g/mol. The van der Waals surface area contributed by atoms with Crippen LogP contribution in [0.3, 0.4) is 0 Å². The van der Waals surface area contributed by atoms with Crippen LogP contribution in [0.25, 0.3) is 10.9 Å². The SMILES string of the molecule is c1ccc(Nc2cncc3cccnc23)cc1. The highest BCUT2D eigenvalue weighted by Gasteiger charge is 2.01. The van der Waals surface area contributed by atoms with Crippen LogP contribution < -0.4 is 5.32 Å². The van der Waals surface area contributed by atoms with Crippen molar-refractivity contribution in [1.29, 1.82) is 0 Å². The van der Waals surface area contributed by atoms with Gasteiger partial charge in [0.25, 0.3) is 0 Å². The van der Waals surface area contributed by atoms with E-state index in [9.17, 15) is 0 Å². The molecule has 3 heteroatoms. The Morgan fingerprint density at radius 3 is 2.65 bits per heavy atom. The van der Waals surface area contributed by atoms with Gasteiger partial charge in [-0.3, -0.25) is 9.97 Å². The normalized spacial score (nSPS) is 10.4. The first-order valence-corrected chi connectivity index (χ1v) is 5.44. The van der Waals surface area contributed by atoms with E-state index in [-0.39, 0.29) is 0 Å². The fourth-order valence-corrected chi connectivity index (χ4v) is 1.77. The molecule has 0 amide bonds. The molecule has 0 saturated heterocycles. The molecule has 0 fully saturated rings. The van der Waals surface area contributed by atoms with Crippen molar-refractivity contribution in [1.82, 2.24) is 9.97 Å². The number of nitrogens with one attached hydrogen (secondary N) is 1. The molecule has 0 aliphatic rings. The number of hydrogen-bond donors (Lipinski definition) is 1. The van der Waals surface area contributed by atoms with Crippen molar-refractivity contribution in [2.24, 2.45) is 0 Å². The molecule has 3 nitrogen and oxygen atoms in total. The molecule has 1 aromatic carbocycles. The topological polar surface area (TPSA) is 37.8 Å². The molecule has 0 saturated carbocycles. The van der Waals surface area contributed by atoms with Crippen molar-refractivity contribution in [3.05, 3.63) is 61.1 Å². The predicted molar refractivity (Wildman–Crippen MR) is 69.3 cm³/mol. The van der Waals surface area contributed by atoms with Crippen molar-refractivity contribution in [3.63, 3.8) is 0 Å². The van der Waals surface area contributed by atoms with Crippen molar-refractivity contribution >= 4 is 22.3 Å². The summed E-state index contributed by atoms with van der Waals surface area (Å²) in [6, 6.07) is 13.9. The number of rotatable bonds is 2. The first-order valence-electron chi connectivity index (χ1n) is 5.44. The third kappa shape index (κ3) is 1.95. The number of fused-ring (bicyclic) bond motifs is 1. The molecule has 0 aliphatic heterocycles. The number of anilines is 2. The van der Waals surface area contributed by atoms with Crippen molar-refractivity contribution < 1.29 is 0 Å². The average Bonchev–Trinajstić information content (AvgIpc) is 2.40. The van der Waals surface area contributed by atoms with Crippen LogP contribution in [0.4, 0.5) is 11.4 Å². The molecular weight excluding hydrogens is 210 g/mol. The Bertz CT molecular complexity index is 630. The van der Waals surface area contributed by atoms with E-state index in [1.165, 1.54) is 0 Å². The number of nitrogens with zero attached hydrogens (tertiary/aromatic N) is 2. The fourth-order valence-electron chi connectivity index (χ4n) is 1.77. The quantitative estimate of drug-likeness (QED) is 0.721. The summed E-state index contributed by atoms with van der Waals surface area (Å²) in [7, 11) is 0. The third-order valence-electron chi connectivity index (χ3n) is 2.56. The van der Waals surface area contributed by atoms with E-state index in [2.05, 4.69) is 15.3 Å². The van der Waals surface area contributed by atoms with Crippen LogP contribution >= 0.6 is 0 Å². The number of aromatic nitrogens is 2. The van der Waals surface area contributed by atoms with Gasteiger partial charge in [-0.25, -0.2) is 0 Å². The minimum absolute atomic E-state index is 0.925. The van der Waals surface area contributed by atoms with E-state index in [0.29, 0.717) is 0 Å². The Morgan fingerprint density at radius 2 is 1.76 bits per heavy atom. The lowest BCUT2D eigenvalue weighted by Gasteiger charge is -2.07. The van der Waals surface area contributed by atoms with Crippen LogP contribution in [0.15, 0.2) is 61.1 Å². The van der Waals surface area contributed by atoms with E-state index in [1.54, 1.807) is 12.4 Å². The first-order chi connectivity index (χ1) is 8.43. The molecule has 1 N–H and O–H groups in total. The van der Waals surface area contributed by atoms with E-state index >= 15 is 0 Å². The van der Waals surface area contributed by atoms with Gasteiger partial charge >= 0.3 is 0 Å². The summed E-state index contributed by atoms with van der Waals surface area (Å²) in [4.78, 5) is 8.58. The Balaban J connectivity index is 2.06. The molecule has 0 bridgehead atoms. The molecule has 0 unspecified atom stereocenters. The molecule has 0 aliphatic carbocycles. The summed E-state index contributed by atoms with van der Waals surface area (Å²) in [6.07, 6.45) is 5.40. The van der Waals surface area contributed by atoms with E-state index in [4.69, 9.17) is 0 Å². The number of para-hydroxylation sites is 1. The lowest BCUT2D eigenvalue weighted by Crippen LogP contribution is -1.93. The molecule has 2 aromatic heterocycles. The molecule has 0 spiro atoms. The van der Waals surface area contributed by atoms with E-state index in [0.717, 1.165) is 22.3 Å². The summed E-state index contributed by atoms with van der Waals surface area (Å²) in [6.45, 7) is 0. The van der Waals surface area contributed by atoms with Gasteiger partial charge in [-0.15, -0.1) is 0 Å². The van der Waals surface area contributed by atoms with Crippen molar-refractivity contribution in [2.75, 3.05) is 5.32 Å². The highest BCUT2D eigenvalue weighted by Crippen LogP contribution is 2.22. The Labute approximate surface area is 99.2 Å². The van der Waals surface area contributed by atoms with Crippen LogP contribution in [-0.4, -0.2) is 9.97 Å². The second-order valence-corrected chi connectivity index (χ2v) is 3.75. The van der Waals surface area contributed by atoms with Crippen LogP contribution in [0.2, 0.25) is 0 Å². The van der Waals surface area contributed by atoms with Gasteiger partial charge in [0.1, 0.15) is 0 Å². The van der Waals surface area contributed by atoms with Crippen LogP contribution in [0.1, 0.15) is 0 Å². The maximum atomic E-state index is 4.37. The highest BCUT2D eigenvalue weighted by molar-refractivity contribution is 5.90. The Morgan fingerprint density at radius 1 is 0.882 bits per heavy atom. The number of hydrogen-bond acceptors (Lipinski definition) is 3. The predicted octanol–water partition coefficient (Wildman–Crippen LogP) is 3.37. The summed E-state index contributed by atoms with van der Waals surface area (Å²) in [5.74, 6) is 0. The minimum atomic E-state index is 0.925. The molecule has 17 heavy (non-hydrogen) atoms. The molecule has 3 rings (SSSR count). The van der Waals surface area contributed by atoms with E-state index in [1.807, 2.05) is 48.7 Å². The fraction of sp³-hybridized carbons (Fsp3) is 0. The zero-order valence-corrected chi connectivity index (χ0v) is 9.17. The summed E-state index contributed by atoms with van der Waals surface area (Å²) < 4.78 is 0. The van der Waals surface area contributed by atoms with Gasteiger partial charge in [-0.2, -0.15) is 0 Å². The molecule has 2 heterocycles. The van der Waals surface area contributed by atoms with Gasteiger partial charge in [0.05, 0.1) is 17.4 Å². The summed E-state index contributed by atoms with van der Waals surface area (Å²) >= 11 is 0. The molecule has 82 valence electrons. The standard InChI is InChI=1S/C14H11N3/c1-2-6-12(7-3-1)17-13-10-15-9-11-5-4-8-16-14(11)13/h1-10,17H. The second-order valence-electron chi connectivity index (χ2n) is 3.75. The van der Waals surface area contributed by atoms with Crippen molar-refractivity contribution in [3.8, 4) is 0 Å². The maximum Gasteiger partial charge on any atom is 0.0968 e. The molecule has 3 aromatic rings. The Kier molecular flexibility index (Phi) is 2.43. The van der Waals surface area contributed by atoms with Crippen LogP contribution in [-0.2, 0) is 0 Å². The van der Waals surface area contributed by atoms with Gasteiger partial charge in [-0.1, -0.05) is 18.2 Å². The number of pyridine rings is 2. The highest BCUT2D eigenvalue weighted by atomic mass is 14.9. The van der Waals surface area contributed by atoms with Gasteiger partial charge < -0.3 is 5.32 Å². The monoisotopic (exact) mass is 221 g/mol. The van der Waals surface area contributed by atoms with Crippen LogP contribution in [0, 0.1) is 0 Å². The molecule has 0 atom stereocenters. The van der Waals surface area contributed by atoms with Crippen molar-refractivity contribution in [2.45, 2.75) is 0 Å². The largest absolute Gasteiger partial charge is 0.352 e. The lowest BCUT2D eigenvalue weighted by atomic mass is 10.2. The first kappa shape index (κ1) is 9.78. The summed E-state index contributed by atoms with van der Waals surface area (Å²) in [5.41, 5.74) is 2.90. The van der Waals surface area contributed by atoms with Gasteiger partial charge in [-0.05, 0) is 24.3 Å². The zero-order chi connectivity index (χ0) is 11.5. The van der Waals surface area contributed by atoms with Crippen LogP contribution in [0.5, 0.6) is 0 Å². The molecule has 0 radical (unpaired) electrons. The maximum absolute atomic E-state index is 4.37. The van der Waals surface area contributed by atoms with E-state index < -0.39 is 0 Å². The summed E-state index contributed by atoms with van der Waals surface area (Å²) in [5, 5.41) is 4.36. The van der Waals surface area contributed by atoms with Gasteiger partial charge in [0.2, 0.25) is 0 Å².